The molecule has 0 aliphatic rings. The summed E-state index contributed by atoms with van der Waals surface area (Å²) in [5, 5.41) is 16.9. The highest BCUT2D eigenvalue weighted by atomic mass is 35.5. The van der Waals surface area contributed by atoms with Crippen LogP contribution in [0.1, 0.15) is 55.8 Å². The van der Waals surface area contributed by atoms with Gasteiger partial charge in [0.1, 0.15) is 12.3 Å². The predicted octanol–water partition coefficient (Wildman–Crippen LogP) is 6.33. The highest BCUT2D eigenvalue weighted by Gasteiger charge is 2.16. The maximum Gasteiger partial charge on any atom is 0.407 e. The average Bonchev–Trinajstić information content (AvgIpc) is 3.51. The number of fused-ring (bicyclic) bond motifs is 1. The van der Waals surface area contributed by atoms with Crippen LogP contribution in [-0.2, 0) is 17.8 Å². The second-order valence-corrected chi connectivity index (χ2v) is 12.7. The first-order valence-corrected chi connectivity index (χ1v) is 16.9. The third-order valence-corrected chi connectivity index (χ3v) is 8.63. The molecule has 0 unspecified atom stereocenters. The molecule has 3 aromatic carbocycles. The summed E-state index contributed by atoms with van der Waals surface area (Å²) in [7, 11) is 0. The summed E-state index contributed by atoms with van der Waals surface area (Å²) in [4.78, 5) is 32.6. The number of carbonyl (C=O) groups excluding carboxylic acids is 1. The lowest BCUT2D eigenvalue weighted by Gasteiger charge is -2.15. The van der Waals surface area contributed by atoms with Gasteiger partial charge in [-0.25, -0.2) is 14.0 Å². The van der Waals surface area contributed by atoms with Crippen LogP contribution in [0.5, 0.6) is 0 Å². The summed E-state index contributed by atoms with van der Waals surface area (Å²) in [6.07, 6.45) is 4.05. The Balaban J connectivity index is 1.21. The Morgan fingerprint density at radius 1 is 1.06 bits per heavy atom. The van der Waals surface area contributed by atoms with E-state index in [0.29, 0.717) is 41.8 Å². The van der Waals surface area contributed by atoms with Crippen LogP contribution in [0.25, 0.3) is 28.0 Å². The number of guanidine groups is 1. The fourth-order valence-electron chi connectivity index (χ4n) is 5.63. The van der Waals surface area contributed by atoms with Crippen LogP contribution in [0, 0.1) is 11.2 Å². The molecule has 7 N–H and O–H groups in total. The zero-order valence-corrected chi connectivity index (χ0v) is 28.8. The molecule has 0 fully saturated rings. The minimum atomic E-state index is -0.568. The van der Waals surface area contributed by atoms with Gasteiger partial charge < -0.3 is 31.4 Å². The number of hydrogen-bond donors (Lipinski definition) is 6. The van der Waals surface area contributed by atoms with Gasteiger partial charge in [-0.2, -0.15) is 4.98 Å². The first-order chi connectivity index (χ1) is 24.1. The molecule has 0 spiro atoms. The van der Waals surface area contributed by atoms with Crippen molar-refractivity contribution in [3.05, 3.63) is 117 Å². The molecule has 262 valence electrons. The van der Waals surface area contributed by atoms with Crippen molar-refractivity contribution in [3.8, 4) is 16.9 Å². The lowest BCUT2D eigenvalue weighted by Crippen LogP contribution is -2.33. The highest BCUT2D eigenvalue weighted by Crippen LogP contribution is 2.31. The van der Waals surface area contributed by atoms with Crippen LogP contribution in [0.15, 0.2) is 83.8 Å². The Morgan fingerprint density at radius 3 is 2.56 bits per heavy atom. The van der Waals surface area contributed by atoms with Gasteiger partial charge in [-0.05, 0) is 93.1 Å². The van der Waals surface area contributed by atoms with E-state index in [0.717, 1.165) is 36.1 Å². The molecule has 2 aromatic heterocycles. The van der Waals surface area contributed by atoms with Crippen molar-refractivity contribution in [2.75, 3.05) is 13.1 Å². The van der Waals surface area contributed by atoms with Crippen molar-refractivity contribution in [1.82, 2.24) is 30.5 Å². The minimum Gasteiger partial charge on any atom is -0.445 e. The summed E-state index contributed by atoms with van der Waals surface area (Å²) in [6, 6.07) is 22.2. The number of amides is 1. The van der Waals surface area contributed by atoms with E-state index in [4.69, 9.17) is 27.5 Å². The van der Waals surface area contributed by atoms with Crippen LogP contribution in [-0.4, -0.2) is 45.7 Å². The molecule has 0 saturated carbocycles. The fraction of sp³-hybridized carbons (Fsp3) is 0.297. The number of aryl methyl sites for hydroxylation is 1. The van der Waals surface area contributed by atoms with Crippen LogP contribution in [0.2, 0.25) is 5.02 Å². The molecule has 13 heteroatoms. The summed E-state index contributed by atoms with van der Waals surface area (Å²) in [5.74, 6) is -0.608. The molecule has 2 atom stereocenters. The van der Waals surface area contributed by atoms with Crippen molar-refractivity contribution >= 4 is 34.7 Å². The molecule has 2 heterocycles. The van der Waals surface area contributed by atoms with E-state index >= 15 is 4.39 Å². The number of aromatic amines is 1. The number of nitrogens with one attached hydrogen (secondary N) is 5. The molecule has 0 aliphatic heterocycles. The minimum absolute atomic E-state index is 0.00380. The van der Waals surface area contributed by atoms with Gasteiger partial charge in [0, 0.05) is 35.8 Å². The van der Waals surface area contributed by atoms with Gasteiger partial charge in [-0.15, -0.1) is 0 Å². The number of carbonyl (C=O) groups is 1. The number of nitrogens with zero attached hydrogens (tertiary/aromatic N) is 2. The molecule has 0 radical (unpaired) electrons. The standard InChI is InChI=1S/C37H42ClFN8O3/c1-23(44-37(49)50-22-25-9-4-3-5-10-25)8-6-11-26-18-30(33(39)31(38)19-26)32-20-28-21-47(36(48)46-34(28)45-32)29-14-12-27(13-15-29)24(2)42-16-7-17-43-35(40)41/h3-5,9-10,12-15,18-21,23-24,42H,6-8,11,16-17,22H2,1-2H3,(H,44,49)(H4,40,41,43)(H,45,46,48)/t23-,24-/m0/s1. The Bertz CT molecular complexity index is 1980. The number of halogens is 2. The predicted molar refractivity (Wildman–Crippen MR) is 195 cm³/mol. The Morgan fingerprint density at radius 2 is 1.82 bits per heavy atom. The summed E-state index contributed by atoms with van der Waals surface area (Å²) >= 11 is 6.33. The lowest BCUT2D eigenvalue weighted by atomic mass is 10.0. The van der Waals surface area contributed by atoms with Crippen LogP contribution in [0.3, 0.4) is 0 Å². The van der Waals surface area contributed by atoms with Crippen LogP contribution >= 0.6 is 11.6 Å². The van der Waals surface area contributed by atoms with Crippen molar-refractivity contribution in [2.24, 2.45) is 5.73 Å². The summed E-state index contributed by atoms with van der Waals surface area (Å²) in [6.45, 7) is 5.53. The van der Waals surface area contributed by atoms with Crippen molar-refractivity contribution < 1.29 is 13.9 Å². The van der Waals surface area contributed by atoms with E-state index in [1.807, 2.05) is 61.5 Å². The SMILES string of the molecule is C[C@H](NCCCNC(=N)N)c1ccc(-n2cc3cc(-c4cc(CCC[C@H](C)NC(=O)OCc5ccccc5)cc(Cl)c4F)[nH]c3nc2=O)cc1. The Kier molecular flexibility index (Phi) is 12.2. The first kappa shape index (κ1) is 36.1. The maximum absolute atomic E-state index is 15.3. The Labute approximate surface area is 294 Å². The van der Waals surface area contributed by atoms with E-state index in [1.54, 1.807) is 24.4 Å². The number of alkyl carbamates (subject to hydrolysis) is 1. The quantitative estimate of drug-likeness (QED) is 0.0422. The monoisotopic (exact) mass is 700 g/mol. The van der Waals surface area contributed by atoms with Crippen molar-refractivity contribution in [2.45, 2.75) is 58.2 Å². The number of rotatable bonds is 15. The van der Waals surface area contributed by atoms with Crippen molar-refractivity contribution in [1.29, 1.82) is 5.41 Å². The molecule has 0 aliphatic carbocycles. The molecule has 11 nitrogen and oxygen atoms in total. The summed E-state index contributed by atoms with van der Waals surface area (Å²) in [5.41, 5.74) is 9.38. The topological polar surface area (TPSA) is 163 Å². The number of aromatic nitrogens is 3. The van der Waals surface area contributed by atoms with E-state index < -0.39 is 17.6 Å². The molecule has 50 heavy (non-hydrogen) atoms. The van der Waals surface area contributed by atoms with E-state index in [1.165, 1.54) is 4.57 Å². The van der Waals surface area contributed by atoms with Gasteiger partial charge in [-0.1, -0.05) is 54.1 Å². The molecule has 1 amide bonds. The Hall–Kier alpha value is -5.20. The number of hydrogen-bond acceptors (Lipinski definition) is 6. The van der Waals surface area contributed by atoms with E-state index in [2.05, 4.69) is 32.8 Å². The number of nitrogens with two attached hydrogens (primary N) is 1. The second kappa shape index (κ2) is 17.0. The van der Waals surface area contributed by atoms with E-state index in [9.17, 15) is 9.59 Å². The van der Waals surface area contributed by atoms with Crippen LogP contribution < -0.4 is 27.4 Å². The number of H-pyrrole nitrogens is 1. The van der Waals surface area contributed by atoms with Gasteiger partial charge in [0.15, 0.2) is 11.8 Å². The van der Waals surface area contributed by atoms with Gasteiger partial charge in [0.2, 0.25) is 0 Å². The second-order valence-electron chi connectivity index (χ2n) is 12.3. The molecular weight excluding hydrogens is 659 g/mol. The average molecular weight is 701 g/mol. The highest BCUT2D eigenvalue weighted by molar-refractivity contribution is 6.31. The maximum atomic E-state index is 15.3. The zero-order valence-electron chi connectivity index (χ0n) is 28.1. The van der Waals surface area contributed by atoms with Gasteiger partial charge in [-0.3, -0.25) is 9.98 Å². The number of ether oxygens (including phenoxy) is 1. The third-order valence-electron chi connectivity index (χ3n) is 8.36. The van der Waals surface area contributed by atoms with Crippen LogP contribution in [0.4, 0.5) is 9.18 Å². The fourth-order valence-corrected chi connectivity index (χ4v) is 5.87. The summed E-state index contributed by atoms with van der Waals surface area (Å²) < 4.78 is 22.1. The van der Waals surface area contributed by atoms with Gasteiger partial charge in [0.25, 0.3) is 0 Å². The molecular formula is C37H42ClFN8O3. The van der Waals surface area contributed by atoms with Gasteiger partial charge in [0.05, 0.1) is 16.4 Å². The zero-order chi connectivity index (χ0) is 35.6. The van der Waals surface area contributed by atoms with Crippen molar-refractivity contribution in [3.63, 3.8) is 0 Å². The van der Waals surface area contributed by atoms with E-state index in [-0.39, 0.29) is 35.2 Å². The lowest BCUT2D eigenvalue weighted by molar-refractivity contribution is 0.136. The number of benzene rings is 3. The molecule has 0 bridgehead atoms. The van der Waals surface area contributed by atoms with Gasteiger partial charge >= 0.3 is 11.8 Å². The normalized spacial score (nSPS) is 12.4. The molecule has 5 aromatic rings. The smallest absolute Gasteiger partial charge is 0.407 e. The third kappa shape index (κ3) is 9.70. The largest absolute Gasteiger partial charge is 0.445 e. The molecule has 5 rings (SSSR count). The first-order valence-electron chi connectivity index (χ1n) is 16.6. The molecule has 0 saturated heterocycles.